The van der Waals surface area contributed by atoms with Gasteiger partial charge in [0.05, 0.1) is 23.7 Å². The van der Waals surface area contributed by atoms with E-state index in [0.29, 0.717) is 0 Å². The number of methoxy groups -OCH3 is 1. The van der Waals surface area contributed by atoms with E-state index in [0.717, 1.165) is 53.8 Å². The van der Waals surface area contributed by atoms with Crippen LogP contribution in [0.1, 0.15) is 18.5 Å². The Bertz CT molecular complexity index is 681. The highest BCUT2D eigenvalue weighted by molar-refractivity contribution is 7.13. The molecular weight excluding hydrogens is 332 g/mol. The van der Waals surface area contributed by atoms with Crippen LogP contribution in [0.25, 0.3) is 10.6 Å². The van der Waals surface area contributed by atoms with Crippen LogP contribution < -0.4 is 0 Å². The fourth-order valence-electron chi connectivity index (χ4n) is 2.86. The van der Waals surface area contributed by atoms with E-state index in [1.807, 2.05) is 24.3 Å². The number of carbonyl (C=O) groups excluding carboxylic acids is 1. The molecule has 2 heterocycles. The highest BCUT2D eigenvalue weighted by atomic mass is 35.5. The molecule has 23 heavy (non-hydrogen) atoms. The normalized spacial score (nSPS) is 16.4. The number of halogens is 1. The van der Waals surface area contributed by atoms with E-state index < -0.39 is 0 Å². The van der Waals surface area contributed by atoms with E-state index in [4.69, 9.17) is 21.3 Å². The number of hydrogen-bond acceptors (Lipinski definition) is 5. The topological polar surface area (TPSA) is 42.4 Å². The quantitative estimate of drug-likeness (QED) is 0.785. The van der Waals surface area contributed by atoms with Gasteiger partial charge in [-0.1, -0.05) is 29.8 Å². The Kier molecular flexibility index (Phi) is 5.30. The van der Waals surface area contributed by atoms with Gasteiger partial charge in [0.15, 0.2) is 0 Å². The third-order valence-electron chi connectivity index (χ3n) is 4.16. The van der Waals surface area contributed by atoms with Crippen molar-refractivity contribution < 1.29 is 9.53 Å². The molecule has 0 aliphatic carbocycles. The zero-order valence-corrected chi connectivity index (χ0v) is 14.6. The molecule has 0 bridgehead atoms. The molecule has 1 aromatic heterocycles. The highest BCUT2D eigenvalue weighted by Gasteiger charge is 2.25. The lowest BCUT2D eigenvalue weighted by Gasteiger charge is -2.29. The lowest BCUT2D eigenvalue weighted by Crippen LogP contribution is -2.36. The first-order chi connectivity index (χ1) is 11.2. The number of benzene rings is 1. The van der Waals surface area contributed by atoms with Crippen LogP contribution in [0, 0.1) is 5.92 Å². The number of hydrogen-bond donors (Lipinski definition) is 0. The van der Waals surface area contributed by atoms with Gasteiger partial charge in [-0.05, 0) is 32.0 Å². The molecule has 1 aliphatic rings. The molecule has 0 amide bonds. The minimum absolute atomic E-state index is 0.0466. The number of thiazole rings is 1. The molecule has 0 saturated carbocycles. The number of aromatic nitrogens is 1. The first kappa shape index (κ1) is 16.4. The predicted octanol–water partition coefficient (Wildman–Crippen LogP) is 3.85. The molecule has 3 rings (SSSR count). The zero-order valence-electron chi connectivity index (χ0n) is 13.0. The van der Waals surface area contributed by atoms with Crippen molar-refractivity contribution in [3.63, 3.8) is 0 Å². The van der Waals surface area contributed by atoms with Crippen molar-refractivity contribution in [2.75, 3.05) is 20.2 Å². The second-order valence-electron chi connectivity index (χ2n) is 5.70. The molecular formula is C17H19ClN2O2S. The zero-order chi connectivity index (χ0) is 16.2. The summed E-state index contributed by atoms with van der Waals surface area (Å²) < 4.78 is 4.83. The summed E-state index contributed by atoms with van der Waals surface area (Å²) in [6, 6.07) is 7.77. The van der Waals surface area contributed by atoms with Crippen molar-refractivity contribution in [3.8, 4) is 10.6 Å². The Morgan fingerprint density at radius 2 is 2.13 bits per heavy atom. The number of likely N-dealkylation sites (tertiary alicyclic amines) is 1. The van der Waals surface area contributed by atoms with E-state index in [1.165, 1.54) is 7.11 Å². The molecule has 1 saturated heterocycles. The maximum absolute atomic E-state index is 11.6. The minimum atomic E-state index is -0.0840. The van der Waals surface area contributed by atoms with Gasteiger partial charge in [0.25, 0.3) is 0 Å². The smallest absolute Gasteiger partial charge is 0.308 e. The van der Waals surface area contributed by atoms with E-state index in [9.17, 15) is 4.79 Å². The van der Waals surface area contributed by atoms with Gasteiger partial charge in [0.1, 0.15) is 5.01 Å². The van der Waals surface area contributed by atoms with Crippen LogP contribution in [0.15, 0.2) is 29.6 Å². The van der Waals surface area contributed by atoms with Crippen LogP contribution >= 0.6 is 22.9 Å². The maximum atomic E-state index is 11.6. The average molecular weight is 351 g/mol. The molecule has 4 nitrogen and oxygen atoms in total. The standard InChI is InChI=1S/C17H19ClN2O2S/c1-22-17(21)12-6-8-20(9-7-12)10-13-11-23-16(19-13)14-4-2-3-5-15(14)18/h2-5,11-12H,6-10H2,1H3. The second-order valence-corrected chi connectivity index (χ2v) is 6.96. The van der Waals surface area contributed by atoms with Crippen molar-refractivity contribution in [3.05, 3.63) is 40.4 Å². The Morgan fingerprint density at radius 3 is 2.83 bits per heavy atom. The van der Waals surface area contributed by atoms with Gasteiger partial charge < -0.3 is 4.74 Å². The summed E-state index contributed by atoms with van der Waals surface area (Å²) in [4.78, 5) is 18.6. The van der Waals surface area contributed by atoms with Crippen LogP contribution in [0.5, 0.6) is 0 Å². The fourth-order valence-corrected chi connectivity index (χ4v) is 3.99. The van der Waals surface area contributed by atoms with Crippen LogP contribution in [0.2, 0.25) is 5.02 Å². The van der Waals surface area contributed by atoms with Crippen molar-refractivity contribution >= 4 is 28.9 Å². The number of esters is 1. The van der Waals surface area contributed by atoms with Crippen LogP contribution in [-0.2, 0) is 16.1 Å². The predicted molar refractivity (Wildman–Crippen MR) is 92.6 cm³/mol. The first-order valence-electron chi connectivity index (χ1n) is 7.67. The molecule has 0 unspecified atom stereocenters. The largest absolute Gasteiger partial charge is 0.469 e. The molecule has 1 fully saturated rings. The van der Waals surface area contributed by atoms with E-state index in [1.54, 1.807) is 11.3 Å². The van der Waals surface area contributed by atoms with Crippen LogP contribution in [-0.4, -0.2) is 36.1 Å². The van der Waals surface area contributed by atoms with E-state index in [2.05, 4.69) is 10.3 Å². The van der Waals surface area contributed by atoms with Gasteiger partial charge in [-0.15, -0.1) is 11.3 Å². The van der Waals surface area contributed by atoms with Crippen molar-refractivity contribution in [2.24, 2.45) is 5.92 Å². The number of carbonyl (C=O) groups is 1. The molecule has 0 radical (unpaired) electrons. The Morgan fingerprint density at radius 1 is 1.39 bits per heavy atom. The summed E-state index contributed by atoms with van der Waals surface area (Å²) in [7, 11) is 1.46. The molecule has 1 aromatic carbocycles. The minimum Gasteiger partial charge on any atom is -0.469 e. The third-order valence-corrected chi connectivity index (χ3v) is 5.42. The Labute approximate surface area is 145 Å². The molecule has 122 valence electrons. The van der Waals surface area contributed by atoms with Crippen LogP contribution in [0.3, 0.4) is 0 Å². The molecule has 6 heteroatoms. The molecule has 2 aromatic rings. The summed E-state index contributed by atoms with van der Waals surface area (Å²) in [6.07, 6.45) is 1.71. The first-order valence-corrected chi connectivity index (χ1v) is 8.92. The second kappa shape index (κ2) is 7.43. The highest BCUT2D eigenvalue weighted by Crippen LogP contribution is 2.30. The number of nitrogens with zero attached hydrogens (tertiary/aromatic N) is 2. The van der Waals surface area contributed by atoms with E-state index >= 15 is 0 Å². The van der Waals surface area contributed by atoms with Crippen LogP contribution in [0.4, 0.5) is 0 Å². The van der Waals surface area contributed by atoms with Gasteiger partial charge in [0.2, 0.25) is 0 Å². The number of ether oxygens (including phenoxy) is 1. The lowest BCUT2D eigenvalue weighted by molar-refractivity contribution is -0.147. The summed E-state index contributed by atoms with van der Waals surface area (Å²) in [5, 5.41) is 3.77. The third kappa shape index (κ3) is 3.91. The molecule has 1 aliphatic heterocycles. The average Bonchev–Trinajstić information content (AvgIpc) is 3.03. The van der Waals surface area contributed by atoms with Gasteiger partial charge in [-0.3, -0.25) is 9.69 Å². The summed E-state index contributed by atoms with van der Waals surface area (Å²) >= 11 is 7.85. The number of piperidine rings is 1. The van der Waals surface area contributed by atoms with Gasteiger partial charge in [-0.2, -0.15) is 0 Å². The Balaban J connectivity index is 1.60. The van der Waals surface area contributed by atoms with Gasteiger partial charge >= 0.3 is 5.97 Å². The maximum Gasteiger partial charge on any atom is 0.308 e. The van der Waals surface area contributed by atoms with Gasteiger partial charge in [0, 0.05) is 17.5 Å². The molecule has 0 spiro atoms. The van der Waals surface area contributed by atoms with Crippen molar-refractivity contribution in [1.82, 2.24) is 9.88 Å². The molecule has 0 N–H and O–H groups in total. The Hall–Kier alpha value is -1.43. The molecule has 0 atom stereocenters. The van der Waals surface area contributed by atoms with E-state index in [-0.39, 0.29) is 11.9 Å². The van der Waals surface area contributed by atoms with Crippen molar-refractivity contribution in [1.29, 1.82) is 0 Å². The summed E-state index contributed by atoms with van der Waals surface area (Å²) in [6.45, 7) is 2.62. The summed E-state index contributed by atoms with van der Waals surface area (Å²) in [5.74, 6) is -0.0373. The lowest BCUT2D eigenvalue weighted by atomic mass is 9.97. The number of rotatable bonds is 4. The van der Waals surface area contributed by atoms with Crippen molar-refractivity contribution in [2.45, 2.75) is 19.4 Å². The fraction of sp³-hybridized carbons (Fsp3) is 0.412. The summed E-state index contributed by atoms with van der Waals surface area (Å²) in [5.41, 5.74) is 2.04. The monoisotopic (exact) mass is 350 g/mol. The SMILES string of the molecule is COC(=O)C1CCN(Cc2csc(-c3ccccc3Cl)n2)CC1. The van der Waals surface area contributed by atoms with Gasteiger partial charge in [-0.25, -0.2) is 4.98 Å².